The first kappa shape index (κ1) is 21.8. The lowest BCUT2D eigenvalue weighted by atomic mass is 9.99. The van der Waals surface area contributed by atoms with Gasteiger partial charge in [0.1, 0.15) is 5.69 Å². The van der Waals surface area contributed by atoms with Crippen molar-refractivity contribution in [1.82, 2.24) is 9.47 Å². The van der Waals surface area contributed by atoms with E-state index in [0.29, 0.717) is 34.0 Å². The standard InChI is InChI=1S/C20H26N2O5S/c1-12-16(13(2)21(4)17(12)20(25)27-6)18(23)14(3)22(9-10-26-5)19(24)15-8-7-11-28-15/h7-8,11,14H,9-10H2,1-6H3. The van der Waals surface area contributed by atoms with E-state index in [1.807, 2.05) is 5.38 Å². The molecule has 28 heavy (non-hydrogen) atoms. The van der Waals surface area contributed by atoms with E-state index in [1.54, 1.807) is 51.6 Å². The summed E-state index contributed by atoms with van der Waals surface area (Å²) in [6.07, 6.45) is 0. The van der Waals surface area contributed by atoms with Gasteiger partial charge in [0.15, 0.2) is 5.78 Å². The van der Waals surface area contributed by atoms with E-state index in [4.69, 9.17) is 9.47 Å². The molecule has 0 N–H and O–H groups in total. The Balaban J connectivity index is 2.43. The first-order chi connectivity index (χ1) is 13.3. The maximum Gasteiger partial charge on any atom is 0.354 e. The van der Waals surface area contributed by atoms with Gasteiger partial charge < -0.3 is 18.9 Å². The van der Waals surface area contributed by atoms with Crippen LogP contribution in [0.5, 0.6) is 0 Å². The number of carbonyl (C=O) groups is 3. The van der Waals surface area contributed by atoms with E-state index in [-0.39, 0.29) is 18.2 Å². The highest BCUT2D eigenvalue weighted by Gasteiger charge is 2.32. The lowest BCUT2D eigenvalue weighted by Crippen LogP contribution is -2.45. The van der Waals surface area contributed by atoms with Crippen molar-refractivity contribution in [1.29, 1.82) is 0 Å². The van der Waals surface area contributed by atoms with E-state index in [2.05, 4.69) is 0 Å². The number of nitrogens with zero attached hydrogens (tertiary/aromatic N) is 2. The number of thiophene rings is 1. The molecular formula is C20H26N2O5S. The van der Waals surface area contributed by atoms with Crippen molar-refractivity contribution in [3.63, 3.8) is 0 Å². The van der Waals surface area contributed by atoms with Crippen LogP contribution in [0.25, 0.3) is 0 Å². The molecule has 1 unspecified atom stereocenters. The highest BCUT2D eigenvalue weighted by molar-refractivity contribution is 7.12. The zero-order valence-electron chi connectivity index (χ0n) is 17.1. The van der Waals surface area contributed by atoms with Crippen molar-refractivity contribution in [3.05, 3.63) is 44.9 Å². The summed E-state index contributed by atoms with van der Waals surface area (Å²) in [7, 11) is 4.57. The molecule has 0 fully saturated rings. The van der Waals surface area contributed by atoms with Crippen LogP contribution in [0.15, 0.2) is 17.5 Å². The van der Waals surface area contributed by atoms with Gasteiger partial charge in [-0.2, -0.15) is 0 Å². The molecule has 0 aliphatic rings. The van der Waals surface area contributed by atoms with Gasteiger partial charge in [0.05, 0.1) is 24.6 Å². The Hall–Kier alpha value is -2.45. The molecule has 2 aromatic heterocycles. The minimum Gasteiger partial charge on any atom is -0.464 e. The number of carbonyl (C=O) groups excluding carboxylic acids is 3. The minimum atomic E-state index is -0.713. The van der Waals surface area contributed by atoms with Gasteiger partial charge in [-0.1, -0.05) is 6.07 Å². The van der Waals surface area contributed by atoms with Crippen molar-refractivity contribution in [3.8, 4) is 0 Å². The van der Waals surface area contributed by atoms with Crippen molar-refractivity contribution < 1.29 is 23.9 Å². The number of aromatic nitrogens is 1. The van der Waals surface area contributed by atoms with Crippen molar-refractivity contribution in [2.45, 2.75) is 26.8 Å². The molecule has 7 nitrogen and oxygen atoms in total. The largest absolute Gasteiger partial charge is 0.464 e. The van der Waals surface area contributed by atoms with E-state index >= 15 is 0 Å². The molecule has 2 heterocycles. The van der Waals surface area contributed by atoms with E-state index in [0.717, 1.165) is 0 Å². The molecule has 8 heteroatoms. The summed E-state index contributed by atoms with van der Waals surface area (Å²) in [5, 5.41) is 1.82. The van der Waals surface area contributed by atoms with Crippen LogP contribution in [0.1, 0.15) is 48.7 Å². The summed E-state index contributed by atoms with van der Waals surface area (Å²) >= 11 is 1.33. The molecule has 0 aromatic carbocycles. The lowest BCUT2D eigenvalue weighted by Gasteiger charge is -2.28. The number of hydrogen-bond acceptors (Lipinski definition) is 6. The quantitative estimate of drug-likeness (QED) is 0.498. The zero-order valence-corrected chi connectivity index (χ0v) is 17.9. The second kappa shape index (κ2) is 9.16. The molecule has 0 bridgehead atoms. The fourth-order valence-corrected chi connectivity index (χ4v) is 3.96. The summed E-state index contributed by atoms with van der Waals surface area (Å²) < 4.78 is 11.6. The number of amides is 1. The fraction of sp³-hybridized carbons (Fsp3) is 0.450. The highest BCUT2D eigenvalue weighted by Crippen LogP contribution is 2.25. The summed E-state index contributed by atoms with van der Waals surface area (Å²) in [5.74, 6) is -0.935. The number of hydrogen-bond donors (Lipinski definition) is 0. The van der Waals surface area contributed by atoms with Crippen LogP contribution >= 0.6 is 11.3 Å². The van der Waals surface area contributed by atoms with E-state index in [1.165, 1.54) is 23.3 Å². The molecule has 0 saturated heterocycles. The third-order valence-corrected chi connectivity index (χ3v) is 5.79. The lowest BCUT2D eigenvalue weighted by molar-refractivity contribution is 0.0566. The molecule has 2 rings (SSSR count). The molecule has 2 aromatic rings. The van der Waals surface area contributed by atoms with Crippen LogP contribution in [-0.4, -0.2) is 60.5 Å². The first-order valence-electron chi connectivity index (χ1n) is 8.88. The molecule has 1 amide bonds. The second-order valence-corrected chi connectivity index (χ2v) is 7.44. The summed E-state index contributed by atoms with van der Waals surface area (Å²) in [4.78, 5) is 40.5. The molecule has 0 aliphatic carbocycles. The monoisotopic (exact) mass is 406 g/mol. The number of Topliss-reactive ketones (excluding diaryl/α,β-unsaturated/α-hetero) is 1. The Labute approximate surface area is 168 Å². The maximum atomic E-state index is 13.3. The Morgan fingerprint density at radius 2 is 1.93 bits per heavy atom. The topological polar surface area (TPSA) is 77.8 Å². The minimum absolute atomic E-state index is 0.215. The predicted octanol–water partition coefficient (Wildman–Crippen LogP) is 2.85. The van der Waals surface area contributed by atoms with Gasteiger partial charge in [0.2, 0.25) is 0 Å². The van der Waals surface area contributed by atoms with Crippen LogP contribution in [-0.2, 0) is 16.5 Å². The Kier molecular flexibility index (Phi) is 7.15. The van der Waals surface area contributed by atoms with E-state index < -0.39 is 12.0 Å². The third-order valence-electron chi connectivity index (χ3n) is 4.93. The van der Waals surface area contributed by atoms with E-state index in [9.17, 15) is 14.4 Å². The first-order valence-corrected chi connectivity index (χ1v) is 9.75. The van der Waals surface area contributed by atoms with Gasteiger partial charge >= 0.3 is 5.97 Å². The summed E-state index contributed by atoms with van der Waals surface area (Å²) in [6.45, 7) is 5.80. The third kappa shape index (κ3) is 4.02. The molecular weight excluding hydrogens is 380 g/mol. The normalized spacial score (nSPS) is 11.9. The van der Waals surface area contributed by atoms with Gasteiger partial charge in [-0.15, -0.1) is 11.3 Å². The van der Waals surface area contributed by atoms with Crippen LogP contribution in [0.3, 0.4) is 0 Å². The molecule has 0 radical (unpaired) electrons. The summed E-state index contributed by atoms with van der Waals surface area (Å²) in [5.41, 5.74) is 1.99. The van der Waals surface area contributed by atoms with Crippen LogP contribution in [0, 0.1) is 13.8 Å². The highest BCUT2D eigenvalue weighted by atomic mass is 32.1. The van der Waals surface area contributed by atoms with Crippen molar-refractivity contribution >= 4 is 29.0 Å². The predicted molar refractivity (Wildman–Crippen MR) is 107 cm³/mol. The summed E-state index contributed by atoms with van der Waals surface area (Å²) in [6, 6.07) is 2.82. The zero-order chi connectivity index (χ0) is 21.0. The smallest absolute Gasteiger partial charge is 0.354 e. The van der Waals surface area contributed by atoms with Gasteiger partial charge in [-0.3, -0.25) is 9.59 Å². The molecule has 0 aliphatic heterocycles. The number of ether oxygens (including phenoxy) is 2. The number of ketones is 1. The Morgan fingerprint density at radius 3 is 2.46 bits per heavy atom. The molecule has 0 spiro atoms. The van der Waals surface area contributed by atoms with Gasteiger partial charge in [-0.05, 0) is 37.8 Å². The van der Waals surface area contributed by atoms with Gasteiger partial charge in [0, 0.05) is 32.0 Å². The SMILES string of the molecule is COCCN(C(=O)c1cccs1)C(C)C(=O)c1c(C)c(C(=O)OC)n(C)c1C. The average Bonchev–Trinajstić information content (AvgIpc) is 3.28. The Morgan fingerprint density at radius 1 is 1.25 bits per heavy atom. The van der Waals surface area contributed by atoms with Crippen LogP contribution in [0.2, 0.25) is 0 Å². The van der Waals surface area contributed by atoms with Crippen molar-refractivity contribution in [2.75, 3.05) is 27.4 Å². The number of methoxy groups -OCH3 is 2. The second-order valence-electron chi connectivity index (χ2n) is 6.49. The van der Waals surface area contributed by atoms with Gasteiger partial charge in [-0.25, -0.2) is 4.79 Å². The van der Waals surface area contributed by atoms with Gasteiger partial charge in [0.25, 0.3) is 5.91 Å². The maximum absolute atomic E-state index is 13.3. The fourth-order valence-electron chi connectivity index (χ4n) is 3.28. The molecule has 152 valence electrons. The van der Waals surface area contributed by atoms with Crippen molar-refractivity contribution in [2.24, 2.45) is 7.05 Å². The Bertz CT molecular complexity index is 870. The van der Waals surface area contributed by atoms with Crippen LogP contribution < -0.4 is 0 Å². The average molecular weight is 407 g/mol. The molecule has 1 atom stereocenters. The number of rotatable bonds is 8. The van der Waals surface area contributed by atoms with Crippen LogP contribution in [0.4, 0.5) is 0 Å². The number of esters is 1. The molecule has 0 saturated carbocycles.